The quantitative estimate of drug-likeness (QED) is 0.214. The first-order chi connectivity index (χ1) is 9.45. The van der Waals surface area contributed by atoms with E-state index in [2.05, 4.69) is 4.74 Å². The van der Waals surface area contributed by atoms with Crippen LogP contribution < -0.4 is 29.6 Å². The van der Waals surface area contributed by atoms with Crippen molar-refractivity contribution >= 4 is 26.2 Å². The number of rotatable bonds is 3. The summed E-state index contributed by atoms with van der Waals surface area (Å²) in [5.41, 5.74) is 0. The molecule has 2 bridgehead atoms. The molecular weight excluding hydrogens is 361 g/mol. The molecule has 1 heterocycles. The Kier molecular flexibility index (Phi) is 4.48. The van der Waals surface area contributed by atoms with E-state index in [1.54, 1.807) is 0 Å². The summed E-state index contributed by atoms with van der Waals surface area (Å²) in [6.07, 6.45) is -1.96. The van der Waals surface area contributed by atoms with Crippen molar-refractivity contribution in [3.63, 3.8) is 0 Å². The first-order valence-electron chi connectivity index (χ1n) is 5.91. The predicted molar refractivity (Wildman–Crippen MR) is 58.3 cm³/mol. The van der Waals surface area contributed by atoms with Gasteiger partial charge in [0, 0.05) is 11.8 Å². The maximum absolute atomic E-state index is 13.1. The molecule has 5 atom stereocenters. The van der Waals surface area contributed by atoms with E-state index in [0.29, 0.717) is 6.42 Å². The largest absolute Gasteiger partial charge is 1.00 e. The SMILES string of the molecule is O=C(OC1C2CC3C1OS(=O)(=O)C3C2)C(F)(F)S(=O)(=O)[O-].[Na+]. The monoisotopic (exact) mass is 370 g/mol. The number of hydrogen-bond donors (Lipinski definition) is 0. The van der Waals surface area contributed by atoms with Crippen LogP contribution in [0.4, 0.5) is 8.78 Å². The summed E-state index contributed by atoms with van der Waals surface area (Å²) in [5.74, 6) is -3.47. The van der Waals surface area contributed by atoms with Crippen LogP contribution in [0.25, 0.3) is 0 Å². The van der Waals surface area contributed by atoms with Crippen LogP contribution in [-0.2, 0) is 34.0 Å². The van der Waals surface area contributed by atoms with Gasteiger partial charge >= 0.3 is 40.8 Å². The number of carbonyl (C=O) groups is 1. The summed E-state index contributed by atoms with van der Waals surface area (Å²) in [6.45, 7) is 0. The number of alkyl halides is 2. The van der Waals surface area contributed by atoms with Crippen molar-refractivity contribution in [2.24, 2.45) is 11.8 Å². The van der Waals surface area contributed by atoms with Gasteiger partial charge in [-0.25, -0.2) is 13.2 Å². The van der Waals surface area contributed by atoms with Crippen LogP contribution in [0.2, 0.25) is 0 Å². The Bertz CT molecular complexity index is 705. The van der Waals surface area contributed by atoms with Crippen LogP contribution in [0.15, 0.2) is 0 Å². The van der Waals surface area contributed by atoms with E-state index in [0.717, 1.165) is 0 Å². The normalized spacial score (nSPS) is 38.6. The minimum atomic E-state index is -6.21. The molecule has 3 rings (SSSR count). The average molecular weight is 370 g/mol. The number of ether oxygens (including phenoxy) is 1. The summed E-state index contributed by atoms with van der Waals surface area (Å²) in [5, 5.41) is -5.96. The predicted octanol–water partition coefficient (Wildman–Crippen LogP) is -3.82. The fourth-order valence-corrected chi connectivity index (χ4v) is 5.47. The molecule has 3 fully saturated rings. The fraction of sp³-hybridized carbons (Fsp3) is 0.889. The third kappa shape index (κ3) is 2.52. The third-order valence-corrected chi connectivity index (χ3v) is 6.78. The molecule has 8 nitrogen and oxygen atoms in total. The molecule has 120 valence electrons. The van der Waals surface area contributed by atoms with E-state index in [9.17, 15) is 35.0 Å². The van der Waals surface area contributed by atoms with Gasteiger partial charge in [0.05, 0.1) is 5.25 Å². The molecule has 3 aliphatic rings. The van der Waals surface area contributed by atoms with Gasteiger partial charge in [0.25, 0.3) is 10.1 Å². The maximum atomic E-state index is 13.1. The minimum absolute atomic E-state index is 0. The number of carbonyl (C=O) groups excluding carboxylic acids is 1. The Morgan fingerprint density at radius 1 is 1.32 bits per heavy atom. The third-order valence-electron chi connectivity index (χ3n) is 4.21. The molecule has 22 heavy (non-hydrogen) atoms. The molecular formula is C9H9F2NaO8S2. The van der Waals surface area contributed by atoms with Crippen LogP contribution >= 0.6 is 0 Å². The van der Waals surface area contributed by atoms with Gasteiger partial charge in [0.15, 0.2) is 10.1 Å². The molecule has 2 saturated carbocycles. The molecule has 2 aliphatic carbocycles. The van der Waals surface area contributed by atoms with E-state index in [1.807, 2.05) is 0 Å². The summed E-state index contributed by atoms with van der Waals surface area (Å²) in [6, 6.07) is 0. The van der Waals surface area contributed by atoms with Crippen LogP contribution in [0.5, 0.6) is 0 Å². The van der Waals surface area contributed by atoms with Crippen molar-refractivity contribution in [3.8, 4) is 0 Å². The zero-order chi connectivity index (χ0) is 15.8. The number of hydrogen-bond acceptors (Lipinski definition) is 8. The van der Waals surface area contributed by atoms with Crippen molar-refractivity contribution in [1.82, 2.24) is 0 Å². The Labute approximate surface area is 146 Å². The molecule has 1 saturated heterocycles. The Morgan fingerprint density at radius 2 is 1.91 bits per heavy atom. The topological polar surface area (TPSA) is 127 Å². The van der Waals surface area contributed by atoms with E-state index >= 15 is 0 Å². The first kappa shape index (κ1) is 18.5. The van der Waals surface area contributed by atoms with Gasteiger partial charge in [0.1, 0.15) is 12.2 Å². The smallest absolute Gasteiger partial charge is 0.743 e. The van der Waals surface area contributed by atoms with Crippen molar-refractivity contribution in [3.05, 3.63) is 0 Å². The Morgan fingerprint density at radius 3 is 2.45 bits per heavy atom. The van der Waals surface area contributed by atoms with E-state index in [-0.39, 0.29) is 36.0 Å². The molecule has 0 radical (unpaired) electrons. The van der Waals surface area contributed by atoms with Gasteiger partial charge in [-0.05, 0) is 12.8 Å². The van der Waals surface area contributed by atoms with E-state index < -0.39 is 60.8 Å². The second-order valence-electron chi connectivity index (χ2n) is 5.33. The molecule has 1 aliphatic heterocycles. The van der Waals surface area contributed by atoms with Gasteiger partial charge in [-0.3, -0.25) is 4.18 Å². The summed E-state index contributed by atoms with van der Waals surface area (Å²) in [4.78, 5) is 11.2. The van der Waals surface area contributed by atoms with E-state index in [1.165, 1.54) is 0 Å². The van der Waals surface area contributed by atoms with E-state index in [4.69, 9.17) is 4.18 Å². The minimum Gasteiger partial charge on any atom is -0.743 e. The zero-order valence-corrected chi connectivity index (χ0v) is 14.8. The summed E-state index contributed by atoms with van der Waals surface area (Å²) >= 11 is 0. The molecule has 0 aromatic carbocycles. The standard InChI is InChI=1S/C9H10F2O8S2.Na/c10-9(11,21(15,16)17)8(12)18-6-3-1-4-5(2-3)20(13,14)19-7(4)6;/h3-7H,1-2H2,(H,15,16,17);/q;+1/p-1. The zero-order valence-electron chi connectivity index (χ0n) is 11.1. The average Bonchev–Trinajstić information content (AvgIpc) is 2.91. The summed E-state index contributed by atoms with van der Waals surface area (Å²) in [7, 11) is -10.0. The second-order valence-corrected chi connectivity index (χ2v) is 8.53. The molecule has 0 aromatic heterocycles. The molecule has 0 aromatic rings. The van der Waals surface area contributed by atoms with Crippen LogP contribution in [0, 0.1) is 11.8 Å². The molecule has 0 amide bonds. The van der Waals surface area contributed by atoms with Gasteiger partial charge in [0.2, 0.25) is 0 Å². The first-order valence-corrected chi connectivity index (χ1v) is 8.79. The van der Waals surface area contributed by atoms with Crippen LogP contribution in [-0.4, -0.2) is 50.1 Å². The van der Waals surface area contributed by atoms with Gasteiger partial charge < -0.3 is 9.29 Å². The second kappa shape index (κ2) is 5.33. The van der Waals surface area contributed by atoms with Crippen molar-refractivity contribution in [1.29, 1.82) is 0 Å². The molecule has 13 heteroatoms. The van der Waals surface area contributed by atoms with Gasteiger partial charge in [-0.1, -0.05) is 0 Å². The van der Waals surface area contributed by atoms with Crippen LogP contribution in [0.1, 0.15) is 12.8 Å². The Balaban J connectivity index is 0.00000176. The molecule has 0 spiro atoms. The summed E-state index contributed by atoms with van der Waals surface area (Å²) < 4.78 is 89.6. The number of halogens is 2. The van der Waals surface area contributed by atoms with Crippen molar-refractivity contribution in [2.45, 2.75) is 35.6 Å². The van der Waals surface area contributed by atoms with Gasteiger partial charge in [-0.15, -0.1) is 0 Å². The van der Waals surface area contributed by atoms with Crippen molar-refractivity contribution < 1.29 is 73.4 Å². The van der Waals surface area contributed by atoms with Crippen LogP contribution in [0.3, 0.4) is 0 Å². The Hall–Kier alpha value is 0.150. The maximum Gasteiger partial charge on any atom is 1.00 e. The fourth-order valence-electron chi connectivity index (χ4n) is 3.34. The number of esters is 1. The number of fused-ring (bicyclic) bond motifs is 1. The molecule has 0 N–H and O–H groups in total. The van der Waals surface area contributed by atoms with Gasteiger partial charge in [-0.2, -0.15) is 17.2 Å². The van der Waals surface area contributed by atoms with Crippen molar-refractivity contribution in [2.75, 3.05) is 0 Å². The molecule has 5 unspecified atom stereocenters.